The van der Waals surface area contributed by atoms with Crippen molar-refractivity contribution in [2.75, 3.05) is 18.0 Å². The number of aromatic nitrogens is 2. The van der Waals surface area contributed by atoms with E-state index in [-0.39, 0.29) is 11.3 Å². The third-order valence-corrected chi connectivity index (χ3v) is 7.09. The summed E-state index contributed by atoms with van der Waals surface area (Å²) in [6.45, 7) is 1.58. The zero-order valence-electron chi connectivity index (χ0n) is 12.1. The minimum absolute atomic E-state index is 0.0250. The molecule has 0 spiro atoms. The van der Waals surface area contributed by atoms with Crippen LogP contribution in [0.25, 0.3) is 10.2 Å². The number of sulfonamides is 1. The monoisotopic (exact) mass is 338 g/mol. The van der Waals surface area contributed by atoms with Crippen LogP contribution in [0, 0.1) is 0 Å². The van der Waals surface area contributed by atoms with E-state index in [9.17, 15) is 8.42 Å². The first kappa shape index (κ1) is 14.3. The molecule has 0 radical (unpaired) electrons. The van der Waals surface area contributed by atoms with Crippen LogP contribution in [0.4, 0.5) is 5.82 Å². The zero-order chi connectivity index (χ0) is 15.2. The number of hydrogen-bond donors (Lipinski definition) is 1. The highest BCUT2D eigenvalue weighted by Gasteiger charge is 2.37. The van der Waals surface area contributed by atoms with E-state index >= 15 is 0 Å². The third kappa shape index (κ3) is 2.70. The van der Waals surface area contributed by atoms with Gasteiger partial charge in [0.05, 0.1) is 10.6 Å². The third-order valence-electron chi connectivity index (χ3n) is 4.26. The molecule has 2 aromatic rings. The minimum atomic E-state index is -3.13. The smallest absolute Gasteiger partial charge is 0.214 e. The molecule has 1 N–H and O–H groups in total. The molecule has 4 rings (SSSR count). The first-order valence-electron chi connectivity index (χ1n) is 7.58. The van der Waals surface area contributed by atoms with Crippen molar-refractivity contribution in [3.8, 4) is 0 Å². The highest BCUT2D eigenvalue weighted by Crippen LogP contribution is 2.30. The summed E-state index contributed by atoms with van der Waals surface area (Å²) in [5.74, 6) is 0.918. The van der Waals surface area contributed by atoms with Crippen LogP contribution in [0.1, 0.15) is 25.7 Å². The van der Waals surface area contributed by atoms with Gasteiger partial charge in [-0.1, -0.05) is 0 Å². The molecule has 118 valence electrons. The Morgan fingerprint density at radius 3 is 2.95 bits per heavy atom. The van der Waals surface area contributed by atoms with Crippen molar-refractivity contribution >= 4 is 37.4 Å². The Hall–Kier alpha value is -1.25. The van der Waals surface area contributed by atoms with Crippen molar-refractivity contribution in [1.29, 1.82) is 0 Å². The summed E-state index contributed by atoms with van der Waals surface area (Å²) in [6.07, 6.45) is 5.04. The van der Waals surface area contributed by atoms with E-state index in [0.29, 0.717) is 6.54 Å². The van der Waals surface area contributed by atoms with E-state index in [1.807, 2.05) is 11.4 Å². The fourth-order valence-electron chi connectivity index (χ4n) is 3.00. The molecule has 1 unspecified atom stereocenters. The van der Waals surface area contributed by atoms with E-state index in [1.54, 1.807) is 17.7 Å². The molecule has 6 nitrogen and oxygen atoms in total. The van der Waals surface area contributed by atoms with Gasteiger partial charge in [-0.25, -0.2) is 23.1 Å². The van der Waals surface area contributed by atoms with Crippen LogP contribution < -0.4 is 9.62 Å². The molecule has 2 aliphatic rings. The average molecular weight is 338 g/mol. The molecular weight excluding hydrogens is 320 g/mol. The molecule has 0 aromatic carbocycles. The van der Waals surface area contributed by atoms with E-state index in [2.05, 4.69) is 19.6 Å². The molecule has 1 aliphatic carbocycles. The average Bonchev–Trinajstić information content (AvgIpc) is 3.26. The number of nitrogens with zero attached hydrogens (tertiary/aromatic N) is 3. The van der Waals surface area contributed by atoms with Crippen molar-refractivity contribution in [3.63, 3.8) is 0 Å². The number of anilines is 1. The normalized spacial score (nSPS) is 23.1. The Balaban J connectivity index is 1.54. The maximum Gasteiger partial charge on any atom is 0.214 e. The molecule has 3 heterocycles. The first-order valence-corrected chi connectivity index (χ1v) is 10.0. The van der Waals surface area contributed by atoms with Crippen LogP contribution in [-0.2, 0) is 10.0 Å². The van der Waals surface area contributed by atoms with E-state index in [0.717, 1.165) is 48.3 Å². The van der Waals surface area contributed by atoms with Crippen molar-refractivity contribution in [3.05, 3.63) is 17.8 Å². The first-order chi connectivity index (χ1) is 10.6. The lowest BCUT2D eigenvalue weighted by Crippen LogP contribution is -2.48. The predicted molar refractivity (Wildman–Crippen MR) is 87.7 cm³/mol. The van der Waals surface area contributed by atoms with Crippen molar-refractivity contribution in [2.24, 2.45) is 0 Å². The lowest BCUT2D eigenvalue weighted by molar-refractivity contribution is 0.464. The maximum atomic E-state index is 12.1. The molecule has 1 atom stereocenters. The molecular formula is C14H18N4O2S2. The summed E-state index contributed by atoms with van der Waals surface area (Å²) < 4.78 is 27.1. The van der Waals surface area contributed by atoms with Crippen molar-refractivity contribution < 1.29 is 8.42 Å². The van der Waals surface area contributed by atoms with E-state index < -0.39 is 10.0 Å². The van der Waals surface area contributed by atoms with Gasteiger partial charge < -0.3 is 4.90 Å². The van der Waals surface area contributed by atoms with Gasteiger partial charge in [-0.3, -0.25) is 0 Å². The lowest BCUT2D eigenvalue weighted by atomic mass is 10.1. The van der Waals surface area contributed by atoms with E-state index in [1.165, 1.54) is 0 Å². The van der Waals surface area contributed by atoms with Gasteiger partial charge in [0.25, 0.3) is 0 Å². The zero-order valence-corrected chi connectivity index (χ0v) is 13.7. The topological polar surface area (TPSA) is 75.2 Å². The van der Waals surface area contributed by atoms with Gasteiger partial charge in [-0.05, 0) is 37.1 Å². The Kier molecular flexibility index (Phi) is 3.54. The summed E-state index contributed by atoms with van der Waals surface area (Å²) in [4.78, 5) is 11.9. The number of fused-ring (bicyclic) bond motifs is 1. The lowest BCUT2D eigenvalue weighted by Gasteiger charge is -2.34. The predicted octanol–water partition coefficient (Wildman–Crippen LogP) is 1.74. The van der Waals surface area contributed by atoms with Crippen LogP contribution in [0.2, 0.25) is 0 Å². The summed E-state index contributed by atoms with van der Waals surface area (Å²) in [7, 11) is -3.13. The summed E-state index contributed by atoms with van der Waals surface area (Å²) in [5.41, 5.74) is 0. The van der Waals surface area contributed by atoms with Crippen LogP contribution in [0.3, 0.4) is 0 Å². The molecule has 1 aliphatic heterocycles. The molecule has 2 aromatic heterocycles. The van der Waals surface area contributed by atoms with Gasteiger partial charge in [0.15, 0.2) is 0 Å². The van der Waals surface area contributed by atoms with Gasteiger partial charge in [0.2, 0.25) is 10.0 Å². The Morgan fingerprint density at radius 2 is 2.14 bits per heavy atom. The summed E-state index contributed by atoms with van der Waals surface area (Å²) >= 11 is 1.60. The largest absolute Gasteiger partial charge is 0.354 e. The quantitative estimate of drug-likeness (QED) is 0.919. The molecule has 2 fully saturated rings. The van der Waals surface area contributed by atoms with Crippen molar-refractivity contribution in [2.45, 2.75) is 37.0 Å². The minimum Gasteiger partial charge on any atom is -0.354 e. The molecule has 8 heteroatoms. The SMILES string of the molecule is O=S(=O)(NC1CCCN(c2ncnc3sccc23)C1)C1CC1. The van der Waals surface area contributed by atoms with Crippen LogP contribution >= 0.6 is 11.3 Å². The van der Waals surface area contributed by atoms with Gasteiger partial charge >= 0.3 is 0 Å². The number of hydrogen-bond acceptors (Lipinski definition) is 6. The number of rotatable bonds is 4. The Labute approximate surface area is 133 Å². The molecule has 0 amide bonds. The highest BCUT2D eigenvalue weighted by molar-refractivity contribution is 7.90. The van der Waals surface area contributed by atoms with E-state index in [4.69, 9.17) is 0 Å². The number of piperidine rings is 1. The van der Waals surface area contributed by atoms with Crippen LogP contribution in [0.5, 0.6) is 0 Å². The number of thiophene rings is 1. The molecule has 1 saturated carbocycles. The summed E-state index contributed by atoms with van der Waals surface area (Å²) in [5, 5.41) is 2.91. The second-order valence-corrected chi connectivity index (χ2v) is 8.87. The summed E-state index contributed by atoms with van der Waals surface area (Å²) in [6, 6.07) is 2.01. The molecule has 1 saturated heterocycles. The van der Waals surface area contributed by atoms with Crippen molar-refractivity contribution in [1.82, 2.24) is 14.7 Å². The Morgan fingerprint density at radius 1 is 1.27 bits per heavy atom. The maximum absolute atomic E-state index is 12.1. The van der Waals surface area contributed by atoms with Gasteiger partial charge in [0.1, 0.15) is 17.0 Å². The second kappa shape index (κ2) is 5.43. The molecule has 0 bridgehead atoms. The molecule has 22 heavy (non-hydrogen) atoms. The number of nitrogens with one attached hydrogen (secondary N) is 1. The van der Waals surface area contributed by atoms with Gasteiger partial charge in [0, 0.05) is 19.1 Å². The fraction of sp³-hybridized carbons (Fsp3) is 0.571. The highest BCUT2D eigenvalue weighted by atomic mass is 32.2. The van der Waals surface area contributed by atoms with Gasteiger partial charge in [-0.2, -0.15) is 0 Å². The standard InChI is InChI=1S/C14H18N4O2S2/c19-22(20,11-3-4-11)17-10-2-1-6-18(8-10)13-12-5-7-21-14(12)16-9-15-13/h5,7,9-11,17H,1-4,6,8H2. The van der Waals surface area contributed by atoms with Crippen LogP contribution in [0.15, 0.2) is 17.8 Å². The van der Waals surface area contributed by atoms with Gasteiger partial charge in [-0.15, -0.1) is 11.3 Å². The Bertz CT molecular complexity index is 785. The van der Waals surface area contributed by atoms with Crippen LogP contribution in [-0.4, -0.2) is 42.8 Å². The second-order valence-electron chi connectivity index (χ2n) is 5.98. The fourth-order valence-corrected chi connectivity index (χ4v) is 5.34.